The smallest absolute Gasteiger partial charge is 0.259 e. The van der Waals surface area contributed by atoms with E-state index in [1.54, 1.807) is 13.1 Å². The molecule has 2 fully saturated rings. The van der Waals surface area contributed by atoms with Crippen LogP contribution in [0.25, 0.3) is 0 Å². The molecular weight excluding hydrogens is 336 g/mol. The minimum atomic E-state index is -0.0563. The van der Waals surface area contributed by atoms with E-state index in [0.717, 1.165) is 44.7 Å². The first-order valence-corrected chi connectivity index (χ1v) is 9.00. The number of aromatic amines is 1. The van der Waals surface area contributed by atoms with Crippen LogP contribution in [0.2, 0.25) is 0 Å². The zero-order chi connectivity index (χ0) is 18.0. The predicted molar refractivity (Wildman–Crippen MR) is 91.3 cm³/mol. The van der Waals surface area contributed by atoms with E-state index in [9.17, 15) is 4.79 Å². The van der Waals surface area contributed by atoms with Crippen molar-refractivity contribution in [1.82, 2.24) is 30.4 Å². The van der Waals surface area contributed by atoms with Gasteiger partial charge in [0.05, 0.1) is 30.8 Å². The summed E-state index contributed by atoms with van der Waals surface area (Å²) in [6.07, 6.45) is 5.22. The molecule has 1 N–H and O–H groups in total. The van der Waals surface area contributed by atoms with Gasteiger partial charge in [-0.25, -0.2) is 0 Å². The molecule has 0 aromatic carbocycles. The molecule has 0 aliphatic carbocycles. The summed E-state index contributed by atoms with van der Waals surface area (Å²) in [7, 11) is 0. The van der Waals surface area contributed by atoms with Crippen LogP contribution in [0.3, 0.4) is 0 Å². The minimum absolute atomic E-state index is 0.00452. The number of carbonyl (C=O) groups is 1. The van der Waals surface area contributed by atoms with E-state index in [1.807, 2.05) is 4.90 Å². The second-order valence-electron chi connectivity index (χ2n) is 7.37. The van der Waals surface area contributed by atoms with Crippen molar-refractivity contribution in [1.29, 1.82) is 0 Å². The maximum Gasteiger partial charge on any atom is 0.259 e. The molecular formula is C17H24N6O3. The molecule has 2 saturated heterocycles. The molecule has 4 heterocycles. The maximum atomic E-state index is 12.9. The number of hydrogen-bond donors (Lipinski definition) is 1. The number of likely N-dealkylation sites (tertiary alicyclic amines) is 1. The third-order valence-corrected chi connectivity index (χ3v) is 5.30. The van der Waals surface area contributed by atoms with Crippen molar-refractivity contribution in [2.24, 2.45) is 5.41 Å². The lowest BCUT2D eigenvalue weighted by molar-refractivity contribution is 0.00685. The average molecular weight is 360 g/mol. The van der Waals surface area contributed by atoms with E-state index >= 15 is 0 Å². The van der Waals surface area contributed by atoms with Gasteiger partial charge in [-0.3, -0.25) is 9.69 Å². The molecule has 2 aliphatic heterocycles. The van der Waals surface area contributed by atoms with Crippen molar-refractivity contribution in [2.45, 2.75) is 26.3 Å². The normalized spacial score (nSPS) is 24.7. The summed E-state index contributed by atoms with van der Waals surface area (Å²) in [5, 5.41) is 14.5. The highest BCUT2D eigenvalue weighted by Gasteiger charge is 2.40. The number of hydrogen-bond acceptors (Lipinski definition) is 7. The first kappa shape index (κ1) is 17.2. The Bertz CT molecular complexity index is 746. The van der Waals surface area contributed by atoms with Gasteiger partial charge < -0.3 is 14.2 Å². The van der Waals surface area contributed by atoms with E-state index < -0.39 is 0 Å². The molecule has 0 saturated carbocycles. The summed E-state index contributed by atoms with van der Waals surface area (Å²) in [6.45, 7) is 7.08. The van der Waals surface area contributed by atoms with Crippen LogP contribution in [0, 0.1) is 12.3 Å². The minimum Gasteiger partial charge on any atom is -0.379 e. The molecule has 9 nitrogen and oxygen atoms in total. The number of H-pyrrole nitrogens is 1. The van der Waals surface area contributed by atoms with Gasteiger partial charge in [0.2, 0.25) is 0 Å². The van der Waals surface area contributed by atoms with Crippen molar-refractivity contribution in [3.8, 4) is 0 Å². The van der Waals surface area contributed by atoms with E-state index in [0.29, 0.717) is 31.0 Å². The SMILES string of the molecule is Cc1nocc1C(=O)N1CCCC2(COCCN(Cc3cn[nH]n3)C2)C1. The number of amides is 1. The Labute approximate surface area is 151 Å². The first-order valence-electron chi connectivity index (χ1n) is 9.00. The third kappa shape index (κ3) is 3.49. The lowest BCUT2D eigenvalue weighted by atomic mass is 9.80. The van der Waals surface area contributed by atoms with Gasteiger partial charge in [-0.15, -0.1) is 0 Å². The molecule has 1 spiro atoms. The van der Waals surface area contributed by atoms with E-state index in [4.69, 9.17) is 9.26 Å². The van der Waals surface area contributed by atoms with Crippen molar-refractivity contribution < 1.29 is 14.1 Å². The number of ether oxygens (including phenoxy) is 1. The standard InChI is InChI=1S/C17H24N6O3/c1-13-15(9-26-20-13)16(24)23-4-2-3-17(11-23)10-22(5-6-25-12-17)8-14-7-18-21-19-14/h7,9H,2-6,8,10-12H2,1H3,(H,18,19,21). The molecule has 4 rings (SSSR count). The zero-order valence-corrected chi connectivity index (χ0v) is 15.0. The summed E-state index contributed by atoms with van der Waals surface area (Å²) in [6, 6.07) is 0. The fraction of sp³-hybridized carbons (Fsp3) is 0.647. The monoisotopic (exact) mass is 360 g/mol. The Hall–Kier alpha value is -2.26. The molecule has 1 atom stereocenters. The number of nitrogens with zero attached hydrogens (tertiary/aromatic N) is 5. The third-order valence-electron chi connectivity index (χ3n) is 5.30. The number of aromatic nitrogens is 4. The van der Waals surface area contributed by atoms with Crippen molar-refractivity contribution in [3.05, 3.63) is 29.4 Å². The lowest BCUT2D eigenvalue weighted by Gasteiger charge is -2.43. The number of piperidine rings is 1. The van der Waals surface area contributed by atoms with Crippen LogP contribution in [0.4, 0.5) is 0 Å². The number of carbonyl (C=O) groups excluding carboxylic acids is 1. The molecule has 2 aromatic heterocycles. The summed E-state index contributed by atoms with van der Waals surface area (Å²) in [5.74, 6) is -0.00452. The Balaban J connectivity index is 1.48. The second-order valence-corrected chi connectivity index (χ2v) is 7.37. The predicted octanol–water partition coefficient (Wildman–Crippen LogP) is 0.856. The van der Waals surface area contributed by atoms with Crippen molar-refractivity contribution >= 4 is 5.91 Å². The molecule has 0 radical (unpaired) electrons. The van der Waals surface area contributed by atoms with Crippen LogP contribution in [0.5, 0.6) is 0 Å². The average Bonchev–Trinajstić information content (AvgIpc) is 3.26. The molecule has 2 aromatic rings. The highest BCUT2D eigenvalue weighted by Crippen LogP contribution is 2.34. The van der Waals surface area contributed by atoms with Gasteiger partial charge in [0, 0.05) is 38.1 Å². The molecule has 140 valence electrons. The van der Waals surface area contributed by atoms with Crippen LogP contribution in [0.1, 0.15) is 34.6 Å². The quantitative estimate of drug-likeness (QED) is 0.866. The van der Waals surface area contributed by atoms with Gasteiger partial charge in [0.25, 0.3) is 5.91 Å². The van der Waals surface area contributed by atoms with E-state index in [-0.39, 0.29) is 11.3 Å². The van der Waals surface area contributed by atoms with E-state index in [1.165, 1.54) is 6.26 Å². The summed E-state index contributed by atoms with van der Waals surface area (Å²) in [4.78, 5) is 17.2. The maximum absolute atomic E-state index is 12.9. The lowest BCUT2D eigenvalue weighted by Crippen LogP contribution is -2.52. The van der Waals surface area contributed by atoms with Crippen LogP contribution >= 0.6 is 0 Å². The van der Waals surface area contributed by atoms with Gasteiger partial charge in [0.15, 0.2) is 0 Å². The van der Waals surface area contributed by atoms with E-state index in [2.05, 4.69) is 25.5 Å². The van der Waals surface area contributed by atoms with Crippen molar-refractivity contribution in [2.75, 3.05) is 39.4 Å². The Morgan fingerprint density at radius 2 is 2.31 bits per heavy atom. The number of nitrogens with one attached hydrogen (secondary N) is 1. The van der Waals surface area contributed by atoms with Crippen molar-refractivity contribution in [3.63, 3.8) is 0 Å². The molecule has 9 heteroatoms. The highest BCUT2D eigenvalue weighted by atomic mass is 16.5. The molecule has 0 bridgehead atoms. The summed E-state index contributed by atoms with van der Waals surface area (Å²) in [5.41, 5.74) is 2.06. The van der Waals surface area contributed by atoms with Gasteiger partial charge in [-0.05, 0) is 19.8 Å². The molecule has 1 unspecified atom stereocenters. The molecule has 26 heavy (non-hydrogen) atoms. The fourth-order valence-corrected chi connectivity index (χ4v) is 4.04. The summed E-state index contributed by atoms with van der Waals surface area (Å²) >= 11 is 0. The van der Waals surface area contributed by atoms with Crippen LogP contribution in [0.15, 0.2) is 17.0 Å². The topological polar surface area (TPSA) is 100 Å². The Morgan fingerprint density at radius 1 is 1.38 bits per heavy atom. The number of aryl methyl sites for hydroxylation is 1. The Morgan fingerprint density at radius 3 is 3.08 bits per heavy atom. The molecule has 2 aliphatic rings. The molecule has 1 amide bonds. The van der Waals surface area contributed by atoms with Gasteiger partial charge >= 0.3 is 0 Å². The second kappa shape index (κ2) is 7.16. The largest absolute Gasteiger partial charge is 0.379 e. The van der Waals surface area contributed by atoms with Gasteiger partial charge in [0.1, 0.15) is 11.8 Å². The Kier molecular flexibility index (Phi) is 4.73. The number of rotatable bonds is 3. The fourth-order valence-electron chi connectivity index (χ4n) is 4.04. The van der Waals surface area contributed by atoms with Crippen LogP contribution in [-0.4, -0.2) is 75.7 Å². The first-order chi connectivity index (χ1) is 12.7. The van der Waals surface area contributed by atoms with Gasteiger partial charge in [-0.2, -0.15) is 15.4 Å². The highest BCUT2D eigenvalue weighted by molar-refractivity contribution is 5.94. The zero-order valence-electron chi connectivity index (χ0n) is 15.0. The van der Waals surface area contributed by atoms with Gasteiger partial charge in [-0.1, -0.05) is 5.16 Å². The van der Waals surface area contributed by atoms with Crippen LogP contribution in [-0.2, 0) is 11.3 Å². The summed E-state index contributed by atoms with van der Waals surface area (Å²) < 4.78 is 10.9. The van der Waals surface area contributed by atoms with Crippen LogP contribution < -0.4 is 0 Å².